The first-order chi connectivity index (χ1) is 9.92. The first-order valence-electron chi connectivity index (χ1n) is 7.89. The van der Waals surface area contributed by atoms with Crippen LogP contribution in [0, 0.1) is 5.92 Å². The number of carbonyl (C=O) groups is 1. The van der Waals surface area contributed by atoms with Gasteiger partial charge in [-0.15, -0.1) is 0 Å². The van der Waals surface area contributed by atoms with Crippen LogP contribution in [0.4, 0.5) is 0 Å². The van der Waals surface area contributed by atoms with Crippen LogP contribution in [0.2, 0.25) is 0 Å². The van der Waals surface area contributed by atoms with E-state index in [1.807, 2.05) is 13.8 Å². The second-order valence-corrected chi connectivity index (χ2v) is 6.52. The second-order valence-electron chi connectivity index (χ2n) is 6.52. The Balaban J connectivity index is 0.000000677. The van der Waals surface area contributed by atoms with Gasteiger partial charge in [0.2, 0.25) is 0 Å². The number of nitrogens with zero attached hydrogens (tertiary/aromatic N) is 1. The van der Waals surface area contributed by atoms with Crippen molar-refractivity contribution in [1.82, 2.24) is 4.90 Å². The van der Waals surface area contributed by atoms with Gasteiger partial charge in [0, 0.05) is 12.1 Å². The highest BCUT2D eigenvalue weighted by molar-refractivity contribution is 5.76. The summed E-state index contributed by atoms with van der Waals surface area (Å²) in [6.45, 7) is 8.14. The zero-order chi connectivity index (χ0) is 16.0. The molecule has 0 aromatic rings. The third kappa shape index (κ3) is 5.25. The first-order valence-corrected chi connectivity index (χ1v) is 7.89. The molecule has 0 spiro atoms. The van der Waals surface area contributed by atoms with E-state index in [0.29, 0.717) is 18.0 Å². The zero-order valence-electron chi connectivity index (χ0n) is 13.5. The van der Waals surface area contributed by atoms with Crippen molar-refractivity contribution >= 4 is 12.1 Å². The minimum Gasteiger partial charge on any atom is -0.462 e. The molecule has 0 radical (unpaired) electrons. The van der Waals surface area contributed by atoms with E-state index in [4.69, 9.17) is 14.3 Å². The van der Waals surface area contributed by atoms with E-state index >= 15 is 0 Å². The predicted octanol–water partition coefficient (Wildman–Crippen LogP) is 2.40. The molecule has 21 heavy (non-hydrogen) atoms. The van der Waals surface area contributed by atoms with Gasteiger partial charge in [-0.05, 0) is 45.4 Å². The summed E-state index contributed by atoms with van der Waals surface area (Å²) in [4.78, 5) is 31.1. The smallest absolute Gasteiger partial charge is 0.373 e. The van der Waals surface area contributed by atoms with Crippen molar-refractivity contribution in [2.45, 2.75) is 84.0 Å². The van der Waals surface area contributed by atoms with Crippen LogP contribution in [0.25, 0.3) is 0 Å². The number of ether oxygens (including phenoxy) is 1. The van der Waals surface area contributed by atoms with E-state index in [0.717, 1.165) is 0 Å². The minimum absolute atomic E-state index is 0.0128. The lowest BCUT2D eigenvalue weighted by atomic mass is 9.88. The highest BCUT2D eigenvalue weighted by atomic mass is 16.5. The first kappa shape index (κ1) is 17.9. The molecular weight excluding hydrogens is 270 g/mol. The maximum Gasteiger partial charge on any atom is 0.373 e. The number of hydrogen-bond donors (Lipinski definition) is 0. The van der Waals surface area contributed by atoms with Crippen LogP contribution in [0.1, 0.15) is 59.8 Å². The standard InChI is InChI=1S/C15H27NO2.CO2/c1-10(2)14(15(17)18-11(3)4)16(13-8-9-13)12-6-5-7-12;2-1-3/h10-14H,5-9H2,1-4H3;. The Kier molecular flexibility index (Phi) is 7.06. The molecule has 0 bridgehead atoms. The average Bonchev–Trinajstić information content (AvgIpc) is 3.08. The van der Waals surface area contributed by atoms with Crippen LogP contribution in [-0.4, -0.2) is 41.3 Å². The Morgan fingerprint density at radius 3 is 1.81 bits per heavy atom. The molecule has 5 nitrogen and oxygen atoms in total. The molecule has 0 aromatic heterocycles. The molecule has 0 N–H and O–H groups in total. The van der Waals surface area contributed by atoms with Crippen molar-refractivity contribution in [2.75, 3.05) is 0 Å². The Labute approximate surface area is 127 Å². The van der Waals surface area contributed by atoms with Crippen molar-refractivity contribution in [2.24, 2.45) is 5.92 Å². The maximum absolute atomic E-state index is 12.3. The van der Waals surface area contributed by atoms with Gasteiger partial charge in [-0.25, -0.2) is 0 Å². The van der Waals surface area contributed by atoms with Crippen molar-refractivity contribution in [3.63, 3.8) is 0 Å². The number of rotatable bonds is 6. The van der Waals surface area contributed by atoms with Crippen molar-refractivity contribution in [3.05, 3.63) is 0 Å². The summed E-state index contributed by atoms with van der Waals surface area (Å²) in [6, 6.07) is 1.23. The van der Waals surface area contributed by atoms with E-state index in [9.17, 15) is 4.79 Å². The molecule has 0 saturated heterocycles. The molecule has 0 aromatic carbocycles. The third-order valence-electron chi connectivity index (χ3n) is 4.01. The molecule has 5 heteroatoms. The van der Waals surface area contributed by atoms with Gasteiger partial charge in [-0.3, -0.25) is 9.69 Å². The van der Waals surface area contributed by atoms with Gasteiger partial charge in [0.25, 0.3) is 0 Å². The molecule has 2 saturated carbocycles. The van der Waals surface area contributed by atoms with Crippen LogP contribution in [-0.2, 0) is 19.1 Å². The average molecular weight is 297 g/mol. The van der Waals surface area contributed by atoms with Crippen molar-refractivity contribution < 1.29 is 19.1 Å². The van der Waals surface area contributed by atoms with Crippen LogP contribution in [0.15, 0.2) is 0 Å². The molecule has 0 aliphatic heterocycles. The van der Waals surface area contributed by atoms with E-state index < -0.39 is 0 Å². The van der Waals surface area contributed by atoms with Gasteiger partial charge in [-0.2, -0.15) is 9.59 Å². The summed E-state index contributed by atoms with van der Waals surface area (Å²) in [5, 5.41) is 0. The van der Waals surface area contributed by atoms with E-state index in [1.54, 1.807) is 0 Å². The minimum atomic E-state index is -0.0369. The summed E-state index contributed by atoms with van der Waals surface area (Å²) in [7, 11) is 0. The topological polar surface area (TPSA) is 63.7 Å². The van der Waals surface area contributed by atoms with Gasteiger partial charge in [0.05, 0.1) is 6.10 Å². The number of carbonyl (C=O) groups excluding carboxylic acids is 3. The lowest BCUT2D eigenvalue weighted by molar-refractivity contribution is -0.191. The Morgan fingerprint density at radius 1 is 1.05 bits per heavy atom. The van der Waals surface area contributed by atoms with E-state index in [2.05, 4.69) is 18.7 Å². The summed E-state index contributed by atoms with van der Waals surface area (Å²) < 4.78 is 5.47. The van der Waals surface area contributed by atoms with E-state index in [1.165, 1.54) is 32.1 Å². The molecule has 0 amide bonds. The second kappa shape index (κ2) is 8.30. The summed E-state index contributed by atoms with van der Waals surface area (Å²) in [5.41, 5.74) is 0. The fourth-order valence-electron chi connectivity index (χ4n) is 2.85. The molecule has 0 heterocycles. The van der Waals surface area contributed by atoms with Gasteiger partial charge >= 0.3 is 12.1 Å². The maximum atomic E-state index is 12.3. The zero-order valence-corrected chi connectivity index (χ0v) is 13.5. The Bertz CT molecular complexity index is 366. The number of hydrogen-bond acceptors (Lipinski definition) is 5. The Hall–Kier alpha value is -1.19. The summed E-state index contributed by atoms with van der Waals surface area (Å²) >= 11 is 0. The Morgan fingerprint density at radius 2 is 1.52 bits per heavy atom. The van der Waals surface area contributed by atoms with Gasteiger partial charge in [0.15, 0.2) is 0 Å². The molecule has 2 aliphatic rings. The van der Waals surface area contributed by atoms with Crippen LogP contribution >= 0.6 is 0 Å². The predicted molar refractivity (Wildman–Crippen MR) is 77.4 cm³/mol. The van der Waals surface area contributed by atoms with Crippen LogP contribution in [0.5, 0.6) is 0 Å². The molecule has 2 fully saturated rings. The molecule has 2 rings (SSSR count). The normalized spacial score (nSPS) is 19.6. The largest absolute Gasteiger partial charge is 0.462 e. The molecule has 120 valence electrons. The fourth-order valence-corrected chi connectivity index (χ4v) is 2.85. The molecule has 1 unspecified atom stereocenters. The monoisotopic (exact) mass is 297 g/mol. The van der Waals surface area contributed by atoms with Gasteiger partial charge in [0.1, 0.15) is 6.04 Å². The SMILES string of the molecule is CC(C)OC(=O)C(C(C)C)N(C1CCC1)C1CC1.O=C=O. The number of esters is 1. The summed E-state index contributed by atoms with van der Waals surface area (Å²) in [6.07, 6.45) is 6.59. The lowest BCUT2D eigenvalue weighted by Crippen LogP contribution is -2.54. The van der Waals surface area contributed by atoms with Gasteiger partial charge < -0.3 is 4.74 Å². The quantitative estimate of drug-likeness (QED) is 0.704. The lowest BCUT2D eigenvalue weighted by Gasteiger charge is -2.43. The highest BCUT2D eigenvalue weighted by Crippen LogP contribution is 2.38. The van der Waals surface area contributed by atoms with Crippen molar-refractivity contribution in [1.29, 1.82) is 0 Å². The van der Waals surface area contributed by atoms with Crippen LogP contribution in [0.3, 0.4) is 0 Å². The molecule has 2 aliphatic carbocycles. The molecule has 1 atom stereocenters. The molecular formula is C16H27NO4. The fraction of sp³-hybridized carbons (Fsp3) is 0.875. The van der Waals surface area contributed by atoms with Gasteiger partial charge in [-0.1, -0.05) is 20.3 Å². The van der Waals surface area contributed by atoms with Crippen molar-refractivity contribution in [3.8, 4) is 0 Å². The highest BCUT2D eigenvalue weighted by Gasteiger charge is 2.44. The third-order valence-corrected chi connectivity index (χ3v) is 4.01. The summed E-state index contributed by atoms with van der Waals surface area (Å²) in [5.74, 6) is 0.316. The van der Waals surface area contributed by atoms with Crippen LogP contribution < -0.4 is 0 Å². The van der Waals surface area contributed by atoms with E-state index in [-0.39, 0.29) is 24.3 Å².